The van der Waals surface area contributed by atoms with Crippen LogP contribution in [0.2, 0.25) is 5.02 Å². The van der Waals surface area contributed by atoms with E-state index in [2.05, 4.69) is 9.71 Å². The fourth-order valence-electron chi connectivity index (χ4n) is 2.23. The zero-order valence-electron chi connectivity index (χ0n) is 11.9. The number of thiophene rings is 1. The number of fused-ring (bicyclic) bond motifs is 1. The Morgan fingerprint density at radius 3 is 2.74 bits per heavy atom. The molecule has 1 aromatic carbocycles. The van der Waals surface area contributed by atoms with Gasteiger partial charge in [0.2, 0.25) is 0 Å². The molecule has 3 rings (SSSR count). The zero-order chi connectivity index (χ0) is 16.8. The minimum absolute atomic E-state index is 0.181. The van der Waals surface area contributed by atoms with Crippen LogP contribution in [-0.4, -0.2) is 18.4 Å². The number of H-pyrrole nitrogens is 1. The number of hydrogen-bond acceptors (Lipinski definition) is 4. The zero-order valence-corrected chi connectivity index (χ0v) is 15.1. The highest BCUT2D eigenvalue weighted by atomic mass is 35.5. The number of aromatic nitrogens is 1. The number of aromatic amines is 1. The van der Waals surface area contributed by atoms with Crippen molar-refractivity contribution in [2.24, 2.45) is 5.73 Å². The van der Waals surface area contributed by atoms with Gasteiger partial charge in [-0.15, -0.1) is 11.3 Å². The van der Waals surface area contributed by atoms with E-state index in [1.54, 1.807) is 36.6 Å². The molecule has 0 aliphatic carbocycles. The second-order valence-electron chi connectivity index (χ2n) is 4.93. The molecule has 4 N–H and O–H groups in total. The number of sulfonamides is 1. The Hall–Kier alpha value is -1.61. The van der Waals surface area contributed by atoms with E-state index in [0.29, 0.717) is 32.9 Å². The maximum Gasteiger partial charge on any atom is 0.271 e. The summed E-state index contributed by atoms with van der Waals surface area (Å²) in [6.07, 6.45) is 0. The third-order valence-electron chi connectivity index (χ3n) is 3.31. The minimum atomic E-state index is -3.67. The van der Waals surface area contributed by atoms with E-state index in [4.69, 9.17) is 29.6 Å². The van der Waals surface area contributed by atoms with Crippen LogP contribution in [0.3, 0.4) is 0 Å². The molecule has 2 heterocycles. The van der Waals surface area contributed by atoms with Crippen molar-refractivity contribution in [1.82, 2.24) is 4.98 Å². The molecule has 0 aliphatic rings. The van der Waals surface area contributed by atoms with Crippen molar-refractivity contribution in [3.05, 3.63) is 45.9 Å². The van der Waals surface area contributed by atoms with Gasteiger partial charge in [0, 0.05) is 5.39 Å². The van der Waals surface area contributed by atoms with Crippen molar-refractivity contribution >= 4 is 66.8 Å². The summed E-state index contributed by atoms with van der Waals surface area (Å²) in [4.78, 5) is 3.19. The Morgan fingerprint density at radius 2 is 2.13 bits per heavy atom. The predicted octanol–water partition coefficient (Wildman–Crippen LogP) is 3.63. The Balaban J connectivity index is 2.12. The van der Waals surface area contributed by atoms with E-state index in [-0.39, 0.29) is 9.20 Å². The molecule has 3 aromatic rings. The normalized spacial score (nSPS) is 11.7. The second-order valence-corrected chi connectivity index (χ2v) is 8.57. The monoisotopic (exact) mass is 385 g/mol. The summed E-state index contributed by atoms with van der Waals surface area (Å²) in [6.45, 7) is 1.75. The van der Waals surface area contributed by atoms with Gasteiger partial charge < -0.3 is 10.7 Å². The standard InChI is InChI=1S/C14H12ClN3O2S3/c1-7-4-5-22-14(7)23(19,20)18-10-3-2-9(15)8-6-11(13(16)21)17-12(8)10/h2-6,17-18H,1H3,(H2,16,21). The lowest BCUT2D eigenvalue weighted by atomic mass is 10.2. The van der Waals surface area contributed by atoms with Crippen LogP contribution in [0.15, 0.2) is 33.9 Å². The SMILES string of the molecule is Cc1ccsc1S(=O)(=O)Nc1ccc(Cl)c2cc(C(N)=S)[nH]c12. The van der Waals surface area contributed by atoms with Gasteiger partial charge in [-0.05, 0) is 42.1 Å². The molecule has 120 valence electrons. The molecule has 23 heavy (non-hydrogen) atoms. The Labute approximate surface area is 147 Å². The van der Waals surface area contributed by atoms with E-state index in [0.717, 1.165) is 0 Å². The topological polar surface area (TPSA) is 88.0 Å². The Bertz CT molecular complexity index is 1020. The van der Waals surface area contributed by atoms with Gasteiger partial charge in [0.25, 0.3) is 10.0 Å². The molecule has 0 radical (unpaired) electrons. The van der Waals surface area contributed by atoms with Crippen LogP contribution < -0.4 is 10.5 Å². The molecule has 0 saturated carbocycles. The number of benzene rings is 1. The summed E-state index contributed by atoms with van der Waals surface area (Å²) in [7, 11) is -3.67. The van der Waals surface area contributed by atoms with Crippen molar-refractivity contribution in [3.63, 3.8) is 0 Å². The average molecular weight is 386 g/mol. The second kappa shape index (κ2) is 5.79. The molecule has 0 unspecified atom stereocenters. The van der Waals surface area contributed by atoms with Gasteiger partial charge in [-0.2, -0.15) is 0 Å². The first-order valence-electron chi connectivity index (χ1n) is 6.47. The molecule has 0 aliphatic heterocycles. The summed E-state index contributed by atoms with van der Waals surface area (Å²) in [6, 6.07) is 6.69. The average Bonchev–Trinajstić information content (AvgIpc) is 3.09. The third-order valence-corrected chi connectivity index (χ3v) is 6.91. The van der Waals surface area contributed by atoms with Gasteiger partial charge in [-0.1, -0.05) is 23.8 Å². The Kier molecular flexibility index (Phi) is 4.09. The van der Waals surface area contributed by atoms with Crippen molar-refractivity contribution in [3.8, 4) is 0 Å². The van der Waals surface area contributed by atoms with Crippen molar-refractivity contribution in [2.45, 2.75) is 11.1 Å². The third kappa shape index (κ3) is 2.94. The number of aryl methyl sites for hydroxylation is 1. The molecule has 0 fully saturated rings. The van der Waals surface area contributed by atoms with Crippen LogP contribution in [0.1, 0.15) is 11.3 Å². The summed E-state index contributed by atoms with van der Waals surface area (Å²) in [5, 5.41) is 2.87. The number of nitrogens with two attached hydrogens (primary N) is 1. The minimum Gasteiger partial charge on any atom is -0.388 e. The van der Waals surface area contributed by atoms with E-state index in [9.17, 15) is 8.42 Å². The van der Waals surface area contributed by atoms with Gasteiger partial charge in [0.1, 0.15) is 9.20 Å². The molecule has 0 bridgehead atoms. The number of halogens is 1. The maximum absolute atomic E-state index is 12.6. The lowest BCUT2D eigenvalue weighted by molar-refractivity contribution is 0.603. The molecule has 2 aromatic heterocycles. The molecule has 5 nitrogen and oxygen atoms in total. The van der Waals surface area contributed by atoms with Crippen molar-refractivity contribution in [2.75, 3.05) is 4.72 Å². The molecule has 9 heteroatoms. The lowest BCUT2D eigenvalue weighted by Crippen LogP contribution is -2.13. The lowest BCUT2D eigenvalue weighted by Gasteiger charge is -2.09. The molecular weight excluding hydrogens is 374 g/mol. The van der Waals surface area contributed by atoms with Gasteiger partial charge in [0.15, 0.2) is 0 Å². The number of nitrogens with one attached hydrogen (secondary N) is 2. The largest absolute Gasteiger partial charge is 0.388 e. The number of thiocarbonyl (C=S) groups is 1. The fraction of sp³-hybridized carbons (Fsp3) is 0.0714. The van der Waals surface area contributed by atoms with Crippen molar-refractivity contribution < 1.29 is 8.42 Å². The number of hydrogen-bond donors (Lipinski definition) is 3. The predicted molar refractivity (Wildman–Crippen MR) is 99.1 cm³/mol. The molecule has 0 saturated heterocycles. The number of anilines is 1. The molecule has 0 amide bonds. The van der Waals surface area contributed by atoms with Crippen LogP contribution in [-0.2, 0) is 10.0 Å². The van der Waals surface area contributed by atoms with Gasteiger partial charge >= 0.3 is 0 Å². The number of rotatable bonds is 4. The van der Waals surface area contributed by atoms with Crippen molar-refractivity contribution in [1.29, 1.82) is 0 Å². The summed E-state index contributed by atoms with van der Waals surface area (Å²) in [5.74, 6) is 0. The van der Waals surface area contributed by atoms with Gasteiger partial charge in [-0.3, -0.25) is 4.72 Å². The summed E-state index contributed by atoms with van der Waals surface area (Å²) < 4.78 is 28.0. The molecular formula is C14H12ClN3O2S3. The summed E-state index contributed by atoms with van der Waals surface area (Å²) in [5.41, 5.74) is 7.77. The van der Waals surface area contributed by atoms with Gasteiger partial charge in [0.05, 0.1) is 21.9 Å². The van der Waals surface area contributed by atoms with E-state index in [1.807, 2.05) is 0 Å². The highest BCUT2D eigenvalue weighted by Crippen LogP contribution is 2.32. The van der Waals surface area contributed by atoms with Crippen LogP contribution in [0.4, 0.5) is 5.69 Å². The maximum atomic E-state index is 12.6. The van der Waals surface area contributed by atoms with Crippen LogP contribution in [0.25, 0.3) is 10.9 Å². The first kappa shape index (κ1) is 16.3. The van der Waals surface area contributed by atoms with Crippen LogP contribution in [0.5, 0.6) is 0 Å². The molecule has 0 spiro atoms. The first-order valence-corrected chi connectivity index (χ1v) is 9.62. The van der Waals surface area contributed by atoms with E-state index in [1.165, 1.54) is 11.3 Å². The van der Waals surface area contributed by atoms with Gasteiger partial charge in [-0.25, -0.2) is 8.42 Å². The molecule has 0 atom stereocenters. The first-order chi connectivity index (χ1) is 10.8. The van der Waals surface area contributed by atoms with E-state index >= 15 is 0 Å². The summed E-state index contributed by atoms with van der Waals surface area (Å²) >= 11 is 12.3. The Morgan fingerprint density at radius 1 is 1.39 bits per heavy atom. The van der Waals surface area contributed by atoms with E-state index < -0.39 is 10.0 Å². The smallest absolute Gasteiger partial charge is 0.271 e. The highest BCUT2D eigenvalue weighted by Gasteiger charge is 2.20. The fourth-order valence-corrected chi connectivity index (χ4v) is 5.04. The highest BCUT2D eigenvalue weighted by molar-refractivity contribution is 7.94. The van der Waals surface area contributed by atoms with Crippen LogP contribution >= 0.6 is 35.2 Å². The van der Waals surface area contributed by atoms with Crippen LogP contribution in [0, 0.1) is 6.92 Å². The quantitative estimate of drug-likeness (QED) is 0.598.